The molecule has 2 saturated heterocycles. The van der Waals surface area contributed by atoms with Gasteiger partial charge in [0.05, 0.1) is 19.1 Å². The molecular weight excluding hydrogens is 566 g/mol. The van der Waals surface area contributed by atoms with E-state index >= 15 is 0 Å². The summed E-state index contributed by atoms with van der Waals surface area (Å²) in [5, 5.41) is 5.40. The zero-order valence-electron chi connectivity index (χ0n) is 22.3. The van der Waals surface area contributed by atoms with Gasteiger partial charge in [0, 0.05) is 12.1 Å². The van der Waals surface area contributed by atoms with Crippen LogP contribution in [0.25, 0.3) is 11.2 Å². The molecule has 4 aromatic rings. The number of imidazole rings is 1. The summed E-state index contributed by atoms with van der Waals surface area (Å²) in [4.78, 5) is 38.6. The first-order valence-electron chi connectivity index (χ1n) is 13.0. The number of ketones is 1. The zero-order chi connectivity index (χ0) is 29.3. The first kappa shape index (κ1) is 27.9. The molecule has 42 heavy (non-hydrogen) atoms. The maximum Gasteiger partial charge on any atom is 0.324 e. The van der Waals surface area contributed by atoms with Crippen LogP contribution in [0.4, 0.5) is 16.3 Å². The van der Waals surface area contributed by atoms with Crippen LogP contribution in [0.1, 0.15) is 11.8 Å². The number of amides is 2. The molecule has 5 unspecified atom stereocenters. The Morgan fingerprint density at radius 1 is 0.905 bits per heavy atom. The second kappa shape index (κ2) is 11.5. The predicted molar refractivity (Wildman–Crippen MR) is 150 cm³/mol. The van der Waals surface area contributed by atoms with Crippen molar-refractivity contribution in [3.8, 4) is 0 Å². The number of aromatic nitrogens is 4. The monoisotopic (exact) mass is 593 g/mol. The fourth-order valence-electron chi connectivity index (χ4n) is 4.93. The number of Topliss-reactive ketones (excluding diaryl/α,β-unsaturated/α-hetero) is 1. The molecule has 2 aromatic heterocycles. The van der Waals surface area contributed by atoms with Gasteiger partial charge in [0.1, 0.15) is 24.6 Å². The molecule has 0 radical (unpaired) electrons. The molecule has 5 atom stereocenters. The average Bonchev–Trinajstić information content (AvgIpc) is 3.66. The summed E-state index contributed by atoms with van der Waals surface area (Å²) in [5.41, 5.74) is 2.18. The van der Waals surface area contributed by atoms with E-state index in [1.165, 1.54) is 12.7 Å². The van der Waals surface area contributed by atoms with Crippen molar-refractivity contribution in [1.82, 2.24) is 24.2 Å². The largest absolute Gasteiger partial charge is 0.343 e. The Labute approximate surface area is 240 Å². The van der Waals surface area contributed by atoms with Crippen LogP contribution >= 0.6 is 0 Å². The molecule has 218 valence electrons. The van der Waals surface area contributed by atoms with E-state index in [1.54, 1.807) is 28.8 Å². The molecule has 14 nitrogen and oxygen atoms in total. The van der Waals surface area contributed by atoms with Gasteiger partial charge in [-0.15, -0.1) is 0 Å². The first-order valence-corrected chi connectivity index (χ1v) is 14.9. The lowest BCUT2D eigenvalue weighted by Crippen LogP contribution is -2.41. The third kappa shape index (κ3) is 6.00. The van der Waals surface area contributed by atoms with Crippen molar-refractivity contribution < 1.29 is 32.2 Å². The van der Waals surface area contributed by atoms with E-state index in [4.69, 9.17) is 14.2 Å². The van der Waals surface area contributed by atoms with Crippen LogP contribution in [-0.2, 0) is 35.4 Å². The van der Waals surface area contributed by atoms with Gasteiger partial charge in [-0.3, -0.25) is 14.7 Å². The number of carbonyl (C=O) groups excluding carboxylic acids is 2. The summed E-state index contributed by atoms with van der Waals surface area (Å²) >= 11 is 0. The molecule has 2 aromatic carbocycles. The van der Waals surface area contributed by atoms with E-state index in [-0.39, 0.29) is 11.3 Å². The predicted octanol–water partition coefficient (Wildman–Crippen LogP) is 1.84. The number of rotatable bonds is 9. The number of fused-ring (bicyclic) bond motifs is 2. The number of carbonyl (C=O) groups is 2. The second-order valence-electron chi connectivity index (χ2n) is 9.82. The number of hydrogen-bond donors (Lipinski definition) is 3. The Morgan fingerprint density at radius 3 is 2.36 bits per heavy atom. The lowest BCUT2D eigenvalue weighted by Gasteiger charge is -2.21. The molecule has 0 saturated carbocycles. The van der Waals surface area contributed by atoms with Gasteiger partial charge < -0.3 is 19.5 Å². The maximum absolute atomic E-state index is 13.1. The summed E-state index contributed by atoms with van der Waals surface area (Å²) < 4.78 is 45.6. The first-order chi connectivity index (χ1) is 20.2. The summed E-state index contributed by atoms with van der Waals surface area (Å²) in [6, 6.07) is 18.0. The zero-order valence-corrected chi connectivity index (χ0v) is 23.1. The molecule has 2 amide bonds. The van der Waals surface area contributed by atoms with Crippen molar-refractivity contribution in [3.05, 3.63) is 78.9 Å². The SMILES string of the molecule is CS(=O)(=O)NCC(=O)C1OC(n2cnc3c(NC(=O)Nc4ccccc4)ncnc32)C2OC(Cc3ccccc3)OC12. The minimum Gasteiger partial charge on any atom is -0.343 e. The van der Waals surface area contributed by atoms with E-state index in [0.717, 1.165) is 11.8 Å². The molecule has 2 aliphatic rings. The van der Waals surface area contributed by atoms with E-state index in [9.17, 15) is 18.0 Å². The van der Waals surface area contributed by atoms with Gasteiger partial charge in [-0.2, -0.15) is 0 Å². The Kier molecular flexibility index (Phi) is 7.66. The van der Waals surface area contributed by atoms with Gasteiger partial charge in [-0.25, -0.2) is 32.9 Å². The van der Waals surface area contributed by atoms with Crippen LogP contribution in [0.3, 0.4) is 0 Å². The van der Waals surface area contributed by atoms with Gasteiger partial charge in [0.25, 0.3) is 0 Å². The number of ether oxygens (including phenoxy) is 3. The number of hydrogen-bond acceptors (Lipinski definition) is 10. The van der Waals surface area contributed by atoms with Crippen LogP contribution in [0.15, 0.2) is 73.3 Å². The van der Waals surface area contributed by atoms with Crippen molar-refractivity contribution in [2.24, 2.45) is 0 Å². The van der Waals surface area contributed by atoms with Gasteiger partial charge in [-0.05, 0) is 17.7 Å². The van der Waals surface area contributed by atoms with Crippen molar-refractivity contribution >= 4 is 44.5 Å². The number of sulfonamides is 1. The van der Waals surface area contributed by atoms with Gasteiger partial charge in [-0.1, -0.05) is 48.5 Å². The fourth-order valence-corrected chi connectivity index (χ4v) is 5.33. The Bertz CT molecular complexity index is 1700. The van der Waals surface area contributed by atoms with Gasteiger partial charge in [0.2, 0.25) is 10.0 Å². The minimum absolute atomic E-state index is 0.164. The number of benzene rings is 2. The molecule has 15 heteroatoms. The standard InChI is InChI=1S/C27H27N7O7S/c1-42(37,38)31-13-18(35)21-22-23(40-19(39-22)12-16-8-4-2-5-9-16)26(41-21)34-15-30-20-24(28-14-29-25(20)34)33-27(36)32-17-10-6-3-7-11-17/h2-11,14-15,19,21-23,26,31H,12-13H2,1H3,(H2,28,29,32,33,36). The van der Waals surface area contributed by atoms with Crippen LogP contribution in [0, 0.1) is 0 Å². The highest BCUT2D eigenvalue weighted by atomic mass is 32.2. The lowest BCUT2D eigenvalue weighted by atomic mass is 10.1. The Balaban J connectivity index is 1.26. The quantitative estimate of drug-likeness (QED) is 0.260. The summed E-state index contributed by atoms with van der Waals surface area (Å²) in [6.45, 7) is -0.469. The molecular formula is C27H27N7O7S. The van der Waals surface area contributed by atoms with Crippen molar-refractivity contribution in [2.45, 2.75) is 37.3 Å². The number of urea groups is 1. The Hall–Kier alpha value is -4.28. The molecule has 0 bridgehead atoms. The summed E-state index contributed by atoms with van der Waals surface area (Å²) in [6.07, 6.45) is -0.115. The second-order valence-corrected chi connectivity index (χ2v) is 11.7. The highest BCUT2D eigenvalue weighted by molar-refractivity contribution is 7.88. The van der Waals surface area contributed by atoms with E-state index in [2.05, 4.69) is 30.3 Å². The minimum atomic E-state index is -3.61. The van der Waals surface area contributed by atoms with Crippen molar-refractivity contribution in [2.75, 3.05) is 23.4 Å². The Morgan fingerprint density at radius 2 is 1.62 bits per heavy atom. The number of para-hydroxylation sites is 1. The molecule has 6 rings (SSSR count). The molecule has 3 N–H and O–H groups in total. The van der Waals surface area contributed by atoms with Gasteiger partial charge >= 0.3 is 6.03 Å². The molecule has 2 aliphatic heterocycles. The highest BCUT2D eigenvalue weighted by Crippen LogP contribution is 2.41. The average molecular weight is 594 g/mol. The maximum atomic E-state index is 13.1. The molecule has 0 aliphatic carbocycles. The molecule has 2 fully saturated rings. The van der Waals surface area contributed by atoms with Crippen LogP contribution in [0.2, 0.25) is 0 Å². The van der Waals surface area contributed by atoms with E-state index in [1.807, 2.05) is 36.4 Å². The lowest BCUT2D eigenvalue weighted by molar-refractivity contribution is -0.157. The van der Waals surface area contributed by atoms with Gasteiger partial charge in [0.15, 0.2) is 35.3 Å². The topological polar surface area (TPSA) is 176 Å². The third-order valence-electron chi connectivity index (χ3n) is 6.77. The van der Waals surface area contributed by atoms with Crippen LogP contribution < -0.4 is 15.4 Å². The summed E-state index contributed by atoms with van der Waals surface area (Å²) in [7, 11) is -3.61. The molecule has 4 heterocycles. The number of anilines is 2. The third-order valence-corrected chi connectivity index (χ3v) is 7.44. The number of nitrogens with zero attached hydrogens (tertiary/aromatic N) is 4. The van der Waals surface area contributed by atoms with E-state index in [0.29, 0.717) is 17.8 Å². The normalized spacial score (nSPS) is 23.5. The number of nitrogens with one attached hydrogen (secondary N) is 3. The van der Waals surface area contributed by atoms with Crippen molar-refractivity contribution in [1.29, 1.82) is 0 Å². The smallest absolute Gasteiger partial charge is 0.324 e. The van der Waals surface area contributed by atoms with Crippen LogP contribution in [-0.4, -0.2) is 77.2 Å². The highest BCUT2D eigenvalue weighted by Gasteiger charge is 2.56. The van der Waals surface area contributed by atoms with Crippen LogP contribution in [0.5, 0.6) is 0 Å². The summed E-state index contributed by atoms with van der Waals surface area (Å²) in [5.74, 6) is -0.349. The molecule has 0 spiro atoms. The van der Waals surface area contributed by atoms with E-state index < -0.39 is 59.2 Å². The van der Waals surface area contributed by atoms with Crippen molar-refractivity contribution in [3.63, 3.8) is 0 Å². The fraction of sp³-hybridized carbons (Fsp3) is 0.296.